The second-order valence-electron chi connectivity index (χ2n) is 12.9. The van der Waals surface area contributed by atoms with E-state index in [0.717, 1.165) is 50.8 Å². The number of carbonyl (C=O) groups is 4. The molecule has 0 radical (unpaired) electrons. The Balaban J connectivity index is 1.34. The largest absolute Gasteiger partial charge is 0.461 e. The van der Waals surface area contributed by atoms with Crippen LogP contribution in [0.25, 0.3) is 10.4 Å². The molecule has 47 heavy (non-hydrogen) atoms. The van der Waals surface area contributed by atoms with Gasteiger partial charge in [0, 0.05) is 4.91 Å². The van der Waals surface area contributed by atoms with E-state index in [1.54, 1.807) is 0 Å². The summed E-state index contributed by atoms with van der Waals surface area (Å²) in [5.74, 6) is -5.02. The third kappa shape index (κ3) is 6.83. The van der Waals surface area contributed by atoms with Gasteiger partial charge in [0.1, 0.15) is 36.1 Å². The zero-order chi connectivity index (χ0) is 34.0. The van der Waals surface area contributed by atoms with Crippen molar-refractivity contribution >= 4 is 31.5 Å². The van der Waals surface area contributed by atoms with Crippen molar-refractivity contribution < 1.29 is 56.5 Å². The first-order valence-corrected chi connectivity index (χ1v) is 17.6. The van der Waals surface area contributed by atoms with Gasteiger partial charge in [0.2, 0.25) is 0 Å². The molecule has 3 amide bonds. The summed E-state index contributed by atoms with van der Waals surface area (Å²) in [5.41, 5.74) is 6.86. The molecule has 19 heteroatoms. The molecule has 0 aromatic heterocycles. The van der Waals surface area contributed by atoms with Crippen LogP contribution in [-0.2, 0) is 37.7 Å². The number of nitrogens with one attached hydrogen (secondary N) is 3. The number of aliphatic hydroxyl groups excluding tert-OH is 1. The first kappa shape index (κ1) is 35.4. The number of quaternary nitrogens is 1. The van der Waals surface area contributed by atoms with E-state index in [1.807, 2.05) is 5.32 Å². The lowest BCUT2D eigenvalue weighted by Gasteiger charge is -2.36. The van der Waals surface area contributed by atoms with Crippen molar-refractivity contribution in [3.8, 4) is 0 Å². The molecule has 3 unspecified atom stereocenters. The van der Waals surface area contributed by atoms with E-state index >= 15 is 4.39 Å². The van der Waals surface area contributed by atoms with Gasteiger partial charge in [0.15, 0.2) is 6.10 Å². The van der Waals surface area contributed by atoms with E-state index < -0.39 is 85.0 Å². The number of esters is 2. The highest BCUT2D eigenvalue weighted by atomic mass is 31.2. The van der Waals surface area contributed by atoms with Crippen molar-refractivity contribution in [1.29, 1.82) is 0 Å². The molecule has 4 fully saturated rings. The lowest BCUT2D eigenvalue weighted by atomic mass is 9.95. The summed E-state index contributed by atoms with van der Waals surface area (Å²) in [6, 6.07) is -3.51. The normalized spacial score (nSPS) is 34.8. The summed E-state index contributed by atoms with van der Waals surface area (Å²) in [7, 11) is -4.48. The number of rotatable bonds is 13. The number of amides is 3. The summed E-state index contributed by atoms with van der Waals surface area (Å²) >= 11 is 0. The van der Waals surface area contributed by atoms with Crippen LogP contribution in [0.4, 0.5) is 9.18 Å². The van der Waals surface area contributed by atoms with Crippen molar-refractivity contribution in [3.63, 3.8) is 0 Å². The maximum atomic E-state index is 16.4. The number of ether oxygens (including phenoxy) is 3. The van der Waals surface area contributed by atoms with Gasteiger partial charge in [-0.15, -0.1) is 4.48 Å². The van der Waals surface area contributed by atoms with Crippen LogP contribution in [0, 0.1) is 0 Å². The Kier molecular flexibility index (Phi) is 10.4. The minimum atomic E-state index is -4.48. The Morgan fingerprint density at radius 3 is 2.09 bits per heavy atom. The Morgan fingerprint density at radius 2 is 1.64 bits per heavy atom. The van der Waals surface area contributed by atoms with Gasteiger partial charge in [-0.2, -0.15) is 4.39 Å². The summed E-state index contributed by atoms with van der Waals surface area (Å²) in [6.07, 6.45) is 5.91. The molecule has 3 aliphatic heterocycles. The van der Waals surface area contributed by atoms with Gasteiger partial charge in [0.25, 0.3) is 5.91 Å². The fourth-order valence-corrected chi connectivity index (χ4v) is 8.61. The van der Waals surface area contributed by atoms with Crippen LogP contribution in [0.1, 0.15) is 78.1 Å². The van der Waals surface area contributed by atoms with E-state index in [1.165, 1.54) is 13.8 Å². The number of nitrogens with zero attached hydrogens (tertiary/aromatic N) is 4. The lowest BCUT2D eigenvalue weighted by molar-refractivity contribution is -0.748. The molecule has 0 bridgehead atoms. The van der Waals surface area contributed by atoms with Gasteiger partial charge < -0.3 is 23.8 Å². The molecule has 5 aliphatic rings. The molecule has 17 nitrogen and oxygen atoms in total. The van der Waals surface area contributed by atoms with E-state index in [0.29, 0.717) is 25.7 Å². The minimum Gasteiger partial charge on any atom is -0.461 e. The second-order valence-corrected chi connectivity index (χ2v) is 14.7. The van der Waals surface area contributed by atoms with Crippen LogP contribution < -0.4 is 15.5 Å². The molecule has 3 heterocycles. The molecular weight excluding hydrogens is 644 g/mol. The Bertz CT molecular complexity index is 1340. The molecule has 1 spiro atoms. The number of hydrogen-bond acceptors (Lipinski definition) is 11. The van der Waals surface area contributed by atoms with Crippen LogP contribution in [0.2, 0.25) is 0 Å². The Morgan fingerprint density at radius 1 is 1.11 bits per heavy atom. The average Bonchev–Trinajstić information content (AvgIpc) is 3.47. The maximum absolute atomic E-state index is 16.4. The number of hydrogen-bond donors (Lipinski definition) is 4. The van der Waals surface area contributed by atoms with Crippen LogP contribution in [0.3, 0.4) is 0 Å². The molecule has 2 saturated heterocycles. The number of aliphatic hydroxyl groups is 1. The first-order chi connectivity index (χ1) is 22.3. The summed E-state index contributed by atoms with van der Waals surface area (Å²) in [5, 5.41) is 21.8. The minimum absolute atomic E-state index is 0.299. The fraction of sp³-hybridized carbons (Fsp3) is 0.786. The quantitative estimate of drug-likeness (QED) is 0.0321. The summed E-state index contributed by atoms with van der Waals surface area (Å²) in [4.78, 5) is 52.9. The molecule has 7 atom stereocenters. The number of azide groups is 1. The third-order valence-electron chi connectivity index (χ3n) is 9.47. The number of alkyl halides is 1. The zero-order valence-electron chi connectivity index (χ0n) is 26.3. The zero-order valence-corrected chi connectivity index (χ0v) is 27.2. The second kappa shape index (κ2) is 13.9. The number of fused-ring (bicyclic) bond motifs is 3. The van der Waals surface area contributed by atoms with Crippen molar-refractivity contribution in [3.05, 3.63) is 22.7 Å². The van der Waals surface area contributed by atoms with Crippen LogP contribution in [0.5, 0.6) is 0 Å². The maximum Gasteiger partial charge on any atom is 0.433 e. The van der Waals surface area contributed by atoms with Gasteiger partial charge in [-0.05, 0) is 70.7 Å². The highest BCUT2D eigenvalue weighted by Gasteiger charge is 2.97. The Hall–Kier alpha value is -2.95. The summed E-state index contributed by atoms with van der Waals surface area (Å²) in [6.45, 7) is 1.20. The SMILES string of the molecule is CC(NP(=O)(NC(C)C(=O)OC1CCCCC1)OC[C@@]1(CN=[N+]=[N-])O[C@@H]2[C@@](F)([C@@H]1O)[N+]21C=CC(=O)NC1=O)C(=O)OC1CCCCC1. The van der Waals surface area contributed by atoms with Gasteiger partial charge in [-0.25, -0.2) is 20.3 Å². The van der Waals surface area contributed by atoms with Crippen molar-refractivity contribution in [2.45, 2.75) is 126 Å². The predicted molar refractivity (Wildman–Crippen MR) is 159 cm³/mol. The molecule has 0 aromatic carbocycles. The van der Waals surface area contributed by atoms with Crippen LogP contribution >= 0.6 is 7.67 Å². The average molecular weight is 687 g/mol. The number of urea groups is 1. The van der Waals surface area contributed by atoms with Crippen LogP contribution in [-0.4, -0.2) is 94.6 Å². The smallest absolute Gasteiger partial charge is 0.433 e. The predicted octanol–water partition coefficient (Wildman–Crippen LogP) is 2.85. The van der Waals surface area contributed by atoms with Crippen LogP contribution in [0.15, 0.2) is 17.4 Å². The molecular formula is C28H42FN7O10P+. The summed E-state index contributed by atoms with van der Waals surface area (Å²) < 4.78 is 52.3. The molecule has 260 valence electrons. The van der Waals surface area contributed by atoms with Gasteiger partial charge >= 0.3 is 37.7 Å². The number of carbonyl (C=O) groups excluding carboxylic acids is 4. The lowest BCUT2D eigenvalue weighted by Crippen LogP contribution is -2.61. The highest BCUT2D eigenvalue weighted by molar-refractivity contribution is 7.54. The Labute approximate surface area is 270 Å². The van der Waals surface area contributed by atoms with E-state index in [-0.39, 0.29) is 12.2 Å². The van der Waals surface area contributed by atoms with E-state index in [9.17, 15) is 28.8 Å². The monoisotopic (exact) mass is 686 g/mol. The van der Waals surface area contributed by atoms with Crippen molar-refractivity contribution in [1.82, 2.24) is 15.5 Å². The standard InChI is InChI=1S/C28H41FN7O10P/c1-17(22(38)44-19-9-5-3-6-10-19)33-47(42,34-18(2)23(39)45-20-11-7-4-8-12-20)43-16-27(15-31-35-30)24(40)28(29)25(46-27)36(28)14-13-21(37)32-26(36)41/h13-14,17-20,24-25,40H,3-12,15-16H2,1-2H3,(H2-,32,33,34,37,41,42)/p+1/t17?,18?,24-,25-,27-,28-,36?,47?/m1/s1. The fourth-order valence-electron chi connectivity index (χ4n) is 6.76. The number of halogens is 1. The van der Waals surface area contributed by atoms with Crippen molar-refractivity contribution in [2.75, 3.05) is 13.2 Å². The van der Waals surface area contributed by atoms with Crippen molar-refractivity contribution in [2.24, 2.45) is 5.11 Å². The van der Waals surface area contributed by atoms with Gasteiger partial charge in [-0.3, -0.25) is 18.9 Å². The third-order valence-corrected chi connectivity index (χ3v) is 11.4. The number of imide groups is 1. The first-order valence-electron chi connectivity index (χ1n) is 16.0. The molecule has 5 rings (SSSR count). The molecule has 2 saturated carbocycles. The molecule has 4 N–H and O–H groups in total. The molecule has 2 aliphatic carbocycles. The van der Waals surface area contributed by atoms with Gasteiger partial charge in [-0.1, -0.05) is 18.0 Å². The topological polar surface area (TPSA) is 227 Å². The van der Waals surface area contributed by atoms with Gasteiger partial charge in [0.05, 0.1) is 19.2 Å². The molecule has 0 aromatic rings. The van der Waals surface area contributed by atoms with E-state index in [4.69, 9.17) is 24.3 Å². The highest BCUT2D eigenvalue weighted by Crippen LogP contribution is 2.65. The van der Waals surface area contributed by atoms with E-state index in [2.05, 4.69) is 20.2 Å².